The lowest BCUT2D eigenvalue weighted by Gasteiger charge is -2.12. The Kier molecular flexibility index (Phi) is 6.30. The fourth-order valence-electron chi connectivity index (χ4n) is 2.68. The Morgan fingerprint density at radius 2 is 1.52 bits per heavy atom. The molecule has 3 N–H and O–H groups in total. The van der Waals surface area contributed by atoms with E-state index >= 15 is 0 Å². The first-order chi connectivity index (χ1) is 14.7. The number of hydrogen-bond acceptors (Lipinski definition) is 4. The van der Waals surface area contributed by atoms with Gasteiger partial charge in [0.05, 0.1) is 21.8 Å². The molecular formula is C21H17F2N3O4S. The van der Waals surface area contributed by atoms with Gasteiger partial charge < -0.3 is 10.6 Å². The van der Waals surface area contributed by atoms with Gasteiger partial charge in [-0.25, -0.2) is 17.2 Å². The van der Waals surface area contributed by atoms with Gasteiger partial charge in [0.15, 0.2) is 0 Å². The van der Waals surface area contributed by atoms with Gasteiger partial charge in [-0.1, -0.05) is 18.2 Å². The summed E-state index contributed by atoms with van der Waals surface area (Å²) in [4.78, 5) is 22.9. The summed E-state index contributed by atoms with van der Waals surface area (Å²) in [6.07, 6.45) is 0. The highest BCUT2D eigenvalue weighted by molar-refractivity contribution is 7.92. The van der Waals surface area contributed by atoms with Crippen molar-refractivity contribution in [2.75, 3.05) is 15.4 Å². The average molecular weight is 445 g/mol. The molecule has 2 amide bonds. The summed E-state index contributed by atoms with van der Waals surface area (Å²) in [6, 6.07) is 14.1. The summed E-state index contributed by atoms with van der Waals surface area (Å²) < 4.78 is 55.6. The number of carbonyl (C=O) groups is 2. The van der Waals surface area contributed by atoms with Crippen LogP contribution in [0.1, 0.15) is 17.3 Å². The van der Waals surface area contributed by atoms with Crippen LogP contribution in [0.15, 0.2) is 71.6 Å². The van der Waals surface area contributed by atoms with Crippen LogP contribution in [0, 0.1) is 11.6 Å². The van der Waals surface area contributed by atoms with E-state index in [1.165, 1.54) is 43.3 Å². The zero-order chi connectivity index (χ0) is 22.6. The van der Waals surface area contributed by atoms with Crippen LogP contribution in [0.3, 0.4) is 0 Å². The second-order valence-corrected chi connectivity index (χ2v) is 8.13. The van der Waals surface area contributed by atoms with Crippen LogP contribution in [0.2, 0.25) is 0 Å². The SMILES string of the molecule is CC(=O)Nc1cccc(NS(=O)(=O)c2ccc(NC(=O)c3ccccc3F)c(F)c2)c1. The van der Waals surface area contributed by atoms with Gasteiger partial charge >= 0.3 is 0 Å². The Morgan fingerprint density at radius 3 is 2.19 bits per heavy atom. The summed E-state index contributed by atoms with van der Waals surface area (Å²) >= 11 is 0. The first-order valence-electron chi connectivity index (χ1n) is 8.91. The molecular weight excluding hydrogens is 428 g/mol. The number of amides is 2. The molecule has 0 fully saturated rings. The van der Waals surface area contributed by atoms with Crippen LogP contribution in [-0.4, -0.2) is 20.2 Å². The first kappa shape index (κ1) is 21.9. The maximum absolute atomic E-state index is 14.5. The van der Waals surface area contributed by atoms with Crippen LogP contribution in [0.4, 0.5) is 25.8 Å². The van der Waals surface area contributed by atoms with Gasteiger partial charge in [-0.05, 0) is 48.5 Å². The van der Waals surface area contributed by atoms with Crippen molar-refractivity contribution < 1.29 is 26.8 Å². The predicted octanol–water partition coefficient (Wildman–Crippen LogP) is 3.98. The third-order valence-electron chi connectivity index (χ3n) is 4.05. The molecule has 0 aliphatic rings. The van der Waals surface area contributed by atoms with Crippen molar-refractivity contribution in [1.82, 2.24) is 0 Å². The number of anilines is 3. The van der Waals surface area contributed by atoms with E-state index in [1.54, 1.807) is 6.07 Å². The maximum atomic E-state index is 14.5. The number of nitrogens with one attached hydrogen (secondary N) is 3. The number of sulfonamides is 1. The van der Waals surface area contributed by atoms with E-state index in [4.69, 9.17) is 0 Å². The predicted molar refractivity (Wildman–Crippen MR) is 112 cm³/mol. The lowest BCUT2D eigenvalue weighted by atomic mass is 10.2. The topological polar surface area (TPSA) is 104 Å². The van der Waals surface area contributed by atoms with E-state index in [0.717, 1.165) is 24.3 Å². The van der Waals surface area contributed by atoms with Crippen molar-refractivity contribution in [2.24, 2.45) is 0 Å². The van der Waals surface area contributed by atoms with Crippen LogP contribution >= 0.6 is 0 Å². The number of halogens is 2. The maximum Gasteiger partial charge on any atom is 0.261 e. The van der Waals surface area contributed by atoms with Gasteiger partial charge in [-0.3, -0.25) is 14.3 Å². The van der Waals surface area contributed by atoms with E-state index in [2.05, 4.69) is 15.4 Å². The van der Waals surface area contributed by atoms with Crippen LogP contribution in [0.25, 0.3) is 0 Å². The second-order valence-electron chi connectivity index (χ2n) is 6.44. The number of hydrogen-bond donors (Lipinski definition) is 3. The van der Waals surface area contributed by atoms with Gasteiger partial charge in [0, 0.05) is 12.6 Å². The molecule has 0 atom stereocenters. The van der Waals surface area contributed by atoms with Crippen molar-refractivity contribution in [1.29, 1.82) is 0 Å². The largest absolute Gasteiger partial charge is 0.326 e. The summed E-state index contributed by atoms with van der Waals surface area (Å²) in [6.45, 7) is 1.31. The van der Waals surface area contributed by atoms with Gasteiger partial charge in [0.2, 0.25) is 5.91 Å². The lowest BCUT2D eigenvalue weighted by Crippen LogP contribution is -2.16. The summed E-state index contributed by atoms with van der Waals surface area (Å²) in [5, 5.41) is 4.73. The molecule has 0 bridgehead atoms. The molecule has 0 saturated carbocycles. The zero-order valence-corrected chi connectivity index (χ0v) is 17.0. The van der Waals surface area contributed by atoms with Crippen molar-refractivity contribution >= 4 is 38.9 Å². The Balaban J connectivity index is 1.79. The van der Waals surface area contributed by atoms with Gasteiger partial charge in [0.25, 0.3) is 15.9 Å². The minimum Gasteiger partial charge on any atom is -0.326 e. The van der Waals surface area contributed by atoms with Gasteiger partial charge in [0.1, 0.15) is 11.6 Å². The smallest absolute Gasteiger partial charge is 0.261 e. The average Bonchev–Trinajstić information content (AvgIpc) is 2.69. The molecule has 0 aromatic heterocycles. The third kappa shape index (κ3) is 5.43. The number of carbonyl (C=O) groups excluding carboxylic acids is 2. The lowest BCUT2D eigenvalue weighted by molar-refractivity contribution is -0.114. The molecule has 31 heavy (non-hydrogen) atoms. The second kappa shape index (κ2) is 8.92. The molecule has 7 nitrogen and oxygen atoms in total. The summed E-state index contributed by atoms with van der Waals surface area (Å²) in [5.74, 6) is -2.99. The van der Waals surface area contributed by atoms with Gasteiger partial charge in [-0.15, -0.1) is 0 Å². The molecule has 0 aliphatic heterocycles. The van der Waals surface area contributed by atoms with Crippen molar-refractivity contribution in [3.63, 3.8) is 0 Å². The summed E-state index contributed by atoms with van der Waals surface area (Å²) in [7, 11) is -4.16. The molecule has 0 saturated heterocycles. The highest BCUT2D eigenvalue weighted by atomic mass is 32.2. The zero-order valence-electron chi connectivity index (χ0n) is 16.1. The fourth-order valence-corrected chi connectivity index (χ4v) is 3.74. The van der Waals surface area contributed by atoms with E-state index in [9.17, 15) is 26.8 Å². The standard InChI is InChI=1S/C21H17F2N3O4S/c1-13(27)24-14-5-4-6-15(11-14)26-31(29,30)16-9-10-20(19(23)12-16)25-21(28)17-7-2-3-8-18(17)22/h2-12,26H,1H3,(H,24,27)(H,25,28). The number of rotatable bonds is 6. The quantitative estimate of drug-likeness (QED) is 0.534. The Hall–Kier alpha value is -3.79. The van der Waals surface area contributed by atoms with Crippen molar-refractivity contribution in [3.8, 4) is 0 Å². The minimum atomic E-state index is -4.16. The Morgan fingerprint density at radius 1 is 0.806 bits per heavy atom. The summed E-state index contributed by atoms with van der Waals surface area (Å²) in [5.41, 5.74) is -0.0483. The normalized spacial score (nSPS) is 10.9. The molecule has 0 heterocycles. The van der Waals surface area contributed by atoms with E-state index in [-0.39, 0.29) is 27.7 Å². The van der Waals surface area contributed by atoms with E-state index in [1.807, 2.05) is 0 Å². The number of benzene rings is 3. The highest BCUT2D eigenvalue weighted by Gasteiger charge is 2.19. The molecule has 10 heteroatoms. The monoisotopic (exact) mass is 445 g/mol. The Bertz CT molecular complexity index is 1260. The molecule has 3 aromatic rings. The molecule has 0 unspecified atom stereocenters. The van der Waals surface area contributed by atoms with Crippen LogP contribution in [-0.2, 0) is 14.8 Å². The van der Waals surface area contributed by atoms with E-state index in [0.29, 0.717) is 5.69 Å². The van der Waals surface area contributed by atoms with Gasteiger partial charge in [-0.2, -0.15) is 0 Å². The molecule has 3 rings (SSSR count). The van der Waals surface area contributed by atoms with Crippen molar-refractivity contribution in [3.05, 3.63) is 83.9 Å². The highest BCUT2D eigenvalue weighted by Crippen LogP contribution is 2.23. The first-order valence-corrected chi connectivity index (χ1v) is 10.4. The Labute approximate surface area is 177 Å². The molecule has 0 spiro atoms. The van der Waals surface area contributed by atoms with Crippen molar-refractivity contribution in [2.45, 2.75) is 11.8 Å². The molecule has 0 aliphatic carbocycles. The molecule has 160 valence electrons. The van der Waals surface area contributed by atoms with E-state index < -0.39 is 27.6 Å². The minimum absolute atomic E-state index is 0.156. The van der Waals surface area contributed by atoms with Crippen LogP contribution < -0.4 is 15.4 Å². The molecule has 3 aromatic carbocycles. The molecule has 0 radical (unpaired) electrons. The van der Waals surface area contributed by atoms with Crippen LogP contribution in [0.5, 0.6) is 0 Å². The fraction of sp³-hybridized carbons (Fsp3) is 0.0476. The third-order valence-corrected chi connectivity index (χ3v) is 5.43.